The number of carbonyl (C=O) groups is 3. The summed E-state index contributed by atoms with van der Waals surface area (Å²) < 4.78 is 35.1. The van der Waals surface area contributed by atoms with Crippen LogP contribution in [0, 0.1) is 6.92 Å². The largest absolute Gasteiger partial charge is 1.00 e. The molecule has 1 heterocycles. The van der Waals surface area contributed by atoms with E-state index < -0.39 is 126 Å². The van der Waals surface area contributed by atoms with Gasteiger partial charge in [0.1, 0.15) is 47.6 Å². The average Bonchev–Trinajstić information content (AvgIpc) is 2.97. The molecular weight excluding hydrogens is 833 g/mol. The molecule has 1 fully saturated rings. The molecule has 29 N–H and O–H groups in total. The molecule has 4 rings (SSSR count). The quantitative estimate of drug-likeness (QED) is 0.0547. The second kappa shape index (κ2) is 33.0. The van der Waals surface area contributed by atoms with Gasteiger partial charge in [0.2, 0.25) is 0 Å². The molecule has 322 valence electrons. The van der Waals surface area contributed by atoms with E-state index in [4.69, 9.17) is 4.74 Å². The van der Waals surface area contributed by atoms with Crippen molar-refractivity contribution in [3.05, 3.63) is 45.0 Å². The summed E-state index contributed by atoms with van der Waals surface area (Å²) in [7, 11) is -4.92. The molecule has 5 atom stereocenters. The zero-order valence-corrected chi connectivity index (χ0v) is 34.0. The van der Waals surface area contributed by atoms with Crippen LogP contribution in [0.2, 0.25) is 0 Å². The zero-order valence-electron chi connectivity index (χ0n) is 30.0. The molecule has 58 heavy (non-hydrogen) atoms. The van der Waals surface area contributed by atoms with Gasteiger partial charge < -0.3 is 105 Å². The van der Waals surface area contributed by atoms with Crippen molar-refractivity contribution in [1.82, 2.24) is 0 Å². The van der Waals surface area contributed by atoms with E-state index in [1.807, 2.05) is 0 Å². The first-order chi connectivity index (χ1) is 21.5. The van der Waals surface area contributed by atoms with Gasteiger partial charge in [-0.2, -0.15) is 0 Å². The third-order valence-electron chi connectivity index (χ3n) is 6.89. The van der Waals surface area contributed by atoms with Crippen molar-refractivity contribution in [1.29, 1.82) is 0 Å². The van der Waals surface area contributed by atoms with Gasteiger partial charge in [-0.1, -0.05) is 0 Å². The smallest absolute Gasteiger partial charge is 1.00 e. The van der Waals surface area contributed by atoms with Gasteiger partial charge in [0.05, 0.1) is 23.3 Å². The van der Waals surface area contributed by atoms with Crippen molar-refractivity contribution in [3.8, 4) is 23.0 Å². The molecule has 1 aliphatic heterocycles. The van der Waals surface area contributed by atoms with Crippen LogP contribution in [0.15, 0.2) is 6.07 Å². The maximum atomic E-state index is 13.4. The van der Waals surface area contributed by atoms with Gasteiger partial charge in [-0.15, -0.1) is 0 Å². The Kier molecular flexibility index (Phi) is 45.1. The first kappa shape index (κ1) is 79.4. The number of ether oxygens (including phenoxy) is 1. The standard InChI is InChI=1S/C22H20O13.B4O7.2Na.10H2O/c1-4-8-5(2-6(24)9(4)22(33)34)13(25)10-11(15(8)27)16(28)12(18(30)17(10)29)21-20(32)19(31)14(26)7(3-23)35-21;5-1-9-3(7)11-4(8)10-2-6;;;;;;;;;;;;/h2,7,14,19-21,23-24,26,28-32H,3H2,1H3,(H,33,34);;;;10*1H2/q;-2;2*+1;;;;;;;;;;/t7-,14-,19-,20-,21+;;;;;;;;;;;;;/m1............./s1. The zero-order chi connectivity index (χ0) is 34.8. The Balaban J connectivity index is -0.000000112. The predicted molar refractivity (Wildman–Crippen MR) is 175 cm³/mol. The van der Waals surface area contributed by atoms with Gasteiger partial charge in [0.15, 0.2) is 23.1 Å². The van der Waals surface area contributed by atoms with Crippen molar-refractivity contribution < 1.29 is 212 Å². The van der Waals surface area contributed by atoms with Crippen LogP contribution in [0.3, 0.4) is 0 Å². The molecule has 1 aliphatic carbocycles. The Morgan fingerprint density at radius 3 is 1.57 bits per heavy atom. The first-order valence-corrected chi connectivity index (χ1v) is 12.5. The number of rotatable bonds is 9. The normalized spacial score (nSPS) is 17.0. The second-order valence-corrected chi connectivity index (χ2v) is 9.42. The minimum Gasteiger partial charge on any atom is 1.00 e. The molecule has 2 aromatic rings. The summed E-state index contributed by atoms with van der Waals surface area (Å²) in [5.41, 5.74) is -4.49. The number of phenols is 4. The van der Waals surface area contributed by atoms with Gasteiger partial charge in [0, 0.05) is 11.1 Å². The van der Waals surface area contributed by atoms with Gasteiger partial charge >= 0.3 is 128 Å². The van der Waals surface area contributed by atoms with Gasteiger partial charge in [-0.25, -0.2) is 4.79 Å². The minimum atomic E-state index is -2.27. The Morgan fingerprint density at radius 2 is 1.17 bits per heavy atom. The van der Waals surface area contributed by atoms with Crippen LogP contribution in [0.25, 0.3) is 0 Å². The third-order valence-corrected chi connectivity index (χ3v) is 6.89. The summed E-state index contributed by atoms with van der Waals surface area (Å²) >= 11 is 0. The summed E-state index contributed by atoms with van der Waals surface area (Å²) in [6.07, 6.45) is -9.12. The second-order valence-electron chi connectivity index (χ2n) is 9.42. The van der Waals surface area contributed by atoms with Crippen molar-refractivity contribution in [3.63, 3.8) is 0 Å². The number of aliphatic hydroxyl groups excluding tert-OH is 4. The fourth-order valence-electron chi connectivity index (χ4n) is 4.83. The van der Waals surface area contributed by atoms with Crippen LogP contribution in [-0.4, -0.2) is 179 Å². The molecule has 0 unspecified atom stereocenters. The summed E-state index contributed by atoms with van der Waals surface area (Å²) in [4.78, 5) is 38.1. The van der Waals surface area contributed by atoms with Crippen molar-refractivity contribution in [2.75, 3.05) is 6.61 Å². The van der Waals surface area contributed by atoms with Gasteiger partial charge in [0.25, 0.3) is 0 Å². The van der Waals surface area contributed by atoms with E-state index in [0.717, 1.165) is 6.92 Å². The van der Waals surface area contributed by atoms with Crippen molar-refractivity contribution in [2.24, 2.45) is 0 Å². The first-order valence-electron chi connectivity index (χ1n) is 12.5. The number of hydrogen-bond acceptors (Lipinski definition) is 19. The summed E-state index contributed by atoms with van der Waals surface area (Å²) in [6, 6.07) is 0.716. The Labute approximate surface area is 369 Å². The van der Waals surface area contributed by atoms with Crippen LogP contribution in [0.1, 0.15) is 59.4 Å². The van der Waals surface area contributed by atoms with Gasteiger partial charge in [-0.05, 0) is 18.6 Å². The Morgan fingerprint density at radius 1 is 0.741 bits per heavy atom. The van der Waals surface area contributed by atoms with E-state index >= 15 is 0 Å². The number of carbonyl (C=O) groups excluding carboxylic acids is 2. The average molecular weight is 874 g/mol. The van der Waals surface area contributed by atoms with Crippen LogP contribution in [0.4, 0.5) is 0 Å². The topological polar surface area (TPSA) is 665 Å². The molecule has 0 aromatic heterocycles. The number of phenolic OH excluding ortho intramolecular Hbond substituents is 3. The Bertz CT molecular complexity index is 1570. The predicted octanol–water partition coefficient (Wildman–Crippen LogP) is -19.8. The number of ketones is 2. The van der Waals surface area contributed by atoms with Crippen LogP contribution in [-0.2, 0) is 27.9 Å². The number of benzene rings is 2. The van der Waals surface area contributed by atoms with E-state index in [0.29, 0.717) is 6.07 Å². The number of aliphatic hydroxyl groups is 4. The molecule has 1 saturated heterocycles. The van der Waals surface area contributed by atoms with E-state index in [1.165, 1.54) is 0 Å². The molecule has 2 aromatic carbocycles. The molecule has 0 radical (unpaired) electrons. The minimum absolute atomic E-state index is 0. The van der Waals surface area contributed by atoms with Gasteiger partial charge in [-0.3, -0.25) is 9.59 Å². The summed E-state index contributed by atoms with van der Waals surface area (Å²) in [6.45, 7) is 0.291. The van der Waals surface area contributed by atoms with Crippen LogP contribution < -0.4 is 69.2 Å². The van der Waals surface area contributed by atoms with E-state index in [1.54, 1.807) is 0 Å². The van der Waals surface area contributed by atoms with Crippen molar-refractivity contribution >= 4 is 46.9 Å². The number of hydrogen-bond donors (Lipinski definition) is 9. The summed E-state index contributed by atoms with van der Waals surface area (Å²) in [5.74, 6) is -8.24. The number of carboxylic acids is 1. The molecule has 0 bridgehead atoms. The third kappa shape index (κ3) is 15.3. The van der Waals surface area contributed by atoms with E-state index in [9.17, 15) is 79.8 Å². The fourth-order valence-corrected chi connectivity index (χ4v) is 4.83. The van der Waals surface area contributed by atoms with Crippen molar-refractivity contribution in [2.45, 2.75) is 37.4 Å². The molecule has 2 aliphatic rings. The number of fused-ring (bicyclic) bond motifs is 2. The molecule has 0 amide bonds. The molecule has 30 nitrogen and oxygen atoms in total. The van der Waals surface area contributed by atoms with Crippen LogP contribution >= 0.6 is 0 Å². The monoisotopic (exact) mass is 874 g/mol. The van der Waals surface area contributed by atoms with Crippen LogP contribution in [0.5, 0.6) is 23.0 Å². The molecule has 36 heteroatoms. The molecule has 0 saturated carbocycles. The Hall–Kier alpha value is -2.81. The number of carboxylic acid groups (broad SMARTS) is 1. The molecule has 0 spiro atoms. The summed E-state index contributed by atoms with van der Waals surface area (Å²) in [5, 5.41) is 112. The number of aromatic hydroxyl groups is 4. The maximum Gasteiger partial charge on any atom is 1.00 e. The van der Waals surface area contributed by atoms with E-state index in [2.05, 4.69) is 13.7 Å². The van der Waals surface area contributed by atoms with E-state index in [-0.39, 0.29) is 134 Å². The maximum absolute atomic E-state index is 13.4. The fraction of sp³-hybridized carbons (Fsp3) is 0.318. The SMILES string of the molecule is Cc1c(C(=O)O)c(O)cc2c1C(=O)c1c(O)c([C@@H]3O[C@H](CO)[C@@H](O)[C@@H](O)[C@H]3O)c(O)c(O)c1C2=O.O.O.O.O.O.O.O.O.O.O.O=BOB([O-])OB([O-])OB=O.[Na+].[Na+]. The molecular formula is C22H40B4Na2O30. The number of aromatic carboxylic acids is 1.